The number of carboxylic acids is 1. The van der Waals surface area contributed by atoms with Gasteiger partial charge in [-0.2, -0.15) is 0 Å². The first kappa shape index (κ1) is 12.6. The van der Waals surface area contributed by atoms with Gasteiger partial charge in [0.2, 0.25) is 0 Å². The Labute approximate surface area is 107 Å². The smallest absolute Gasteiger partial charge is 0.319 e. The van der Waals surface area contributed by atoms with E-state index in [2.05, 4.69) is 0 Å². The summed E-state index contributed by atoms with van der Waals surface area (Å²) in [5.74, 6) is -0.564. The van der Waals surface area contributed by atoms with Crippen molar-refractivity contribution in [2.75, 3.05) is 0 Å². The highest BCUT2D eigenvalue weighted by molar-refractivity contribution is 7.85. The number of halogens is 1. The summed E-state index contributed by atoms with van der Waals surface area (Å²) in [7, 11) is -1.36. The van der Waals surface area contributed by atoms with Crippen molar-refractivity contribution in [3.05, 3.63) is 34.9 Å². The molecule has 0 amide bonds. The van der Waals surface area contributed by atoms with Crippen LogP contribution in [0.1, 0.15) is 18.4 Å². The second kappa shape index (κ2) is 5.19. The number of hydrogen-bond acceptors (Lipinski definition) is 2. The number of carbonyl (C=O) groups is 1. The molecule has 1 N–H and O–H groups in total. The highest BCUT2D eigenvalue weighted by Crippen LogP contribution is 2.36. The minimum Gasteiger partial charge on any atom is -0.480 e. The molecule has 2 rings (SSSR count). The fourth-order valence-corrected chi connectivity index (χ4v) is 3.52. The van der Waals surface area contributed by atoms with Crippen LogP contribution in [0.3, 0.4) is 0 Å². The second-order valence-corrected chi connectivity index (χ2v) is 6.24. The first-order valence-electron chi connectivity index (χ1n) is 5.42. The Morgan fingerprint density at radius 1 is 1.41 bits per heavy atom. The minimum atomic E-state index is -1.36. The van der Waals surface area contributed by atoms with Crippen molar-refractivity contribution in [2.24, 2.45) is 5.92 Å². The molecule has 0 aromatic heterocycles. The number of rotatable bonds is 5. The first-order chi connectivity index (χ1) is 8.08. The standard InChI is InChI=1S/C12H13ClO3S/c13-10-5-1-8(2-6-10)7-17(16)11(12(14)15)9-3-4-9/h1-2,5-6,9,11H,3-4,7H2,(H,14,15). The normalized spacial score (nSPS) is 18.6. The quantitative estimate of drug-likeness (QED) is 0.896. The molecule has 1 aromatic rings. The third-order valence-electron chi connectivity index (χ3n) is 2.80. The maximum atomic E-state index is 12.0. The summed E-state index contributed by atoms with van der Waals surface area (Å²) in [6.07, 6.45) is 1.76. The van der Waals surface area contributed by atoms with Crippen LogP contribution >= 0.6 is 11.6 Å². The second-order valence-electron chi connectivity index (χ2n) is 4.25. The zero-order chi connectivity index (χ0) is 12.4. The van der Waals surface area contributed by atoms with Gasteiger partial charge in [-0.3, -0.25) is 9.00 Å². The molecular weight excluding hydrogens is 260 g/mol. The molecule has 1 saturated carbocycles. The summed E-state index contributed by atoms with van der Waals surface area (Å²) < 4.78 is 12.0. The molecule has 0 heterocycles. The van der Waals surface area contributed by atoms with Gasteiger partial charge in [0, 0.05) is 21.6 Å². The molecule has 1 aliphatic carbocycles. The van der Waals surface area contributed by atoms with Gasteiger partial charge in [-0.25, -0.2) is 0 Å². The van der Waals surface area contributed by atoms with Crippen molar-refractivity contribution in [2.45, 2.75) is 23.8 Å². The van der Waals surface area contributed by atoms with Crippen molar-refractivity contribution >= 4 is 28.4 Å². The van der Waals surface area contributed by atoms with Gasteiger partial charge in [-0.05, 0) is 36.5 Å². The van der Waals surface area contributed by atoms with Gasteiger partial charge in [-0.15, -0.1) is 0 Å². The molecule has 92 valence electrons. The van der Waals surface area contributed by atoms with E-state index in [0.717, 1.165) is 18.4 Å². The van der Waals surface area contributed by atoms with E-state index < -0.39 is 22.0 Å². The molecule has 2 atom stereocenters. The number of benzene rings is 1. The topological polar surface area (TPSA) is 54.4 Å². The average molecular weight is 273 g/mol. The summed E-state index contributed by atoms with van der Waals surface area (Å²) in [6, 6.07) is 7.01. The molecule has 0 spiro atoms. The van der Waals surface area contributed by atoms with Gasteiger partial charge < -0.3 is 5.11 Å². The van der Waals surface area contributed by atoms with E-state index in [1.54, 1.807) is 24.3 Å². The molecule has 1 fully saturated rings. The van der Waals surface area contributed by atoms with Crippen LogP contribution in [0, 0.1) is 5.92 Å². The predicted octanol–water partition coefficient (Wildman–Crippen LogP) is 2.45. The lowest BCUT2D eigenvalue weighted by Gasteiger charge is -2.10. The van der Waals surface area contributed by atoms with Crippen molar-refractivity contribution < 1.29 is 14.1 Å². The van der Waals surface area contributed by atoms with Crippen LogP contribution < -0.4 is 0 Å². The summed E-state index contributed by atoms with van der Waals surface area (Å²) in [5.41, 5.74) is 0.861. The molecule has 1 aliphatic rings. The molecule has 5 heteroatoms. The Kier molecular flexibility index (Phi) is 3.84. The maximum absolute atomic E-state index is 12.0. The number of aliphatic carboxylic acids is 1. The van der Waals surface area contributed by atoms with E-state index in [-0.39, 0.29) is 11.7 Å². The number of carboxylic acid groups (broad SMARTS) is 1. The van der Waals surface area contributed by atoms with Gasteiger partial charge in [0.25, 0.3) is 0 Å². The number of hydrogen-bond donors (Lipinski definition) is 1. The first-order valence-corrected chi connectivity index (χ1v) is 7.18. The summed E-state index contributed by atoms with van der Waals surface area (Å²) in [4.78, 5) is 11.1. The zero-order valence-corrected chi connectivity index (χ0v) is 10.7. The van der Waals surface area contributed by atoms with Crippen molar-refractivity contribution in [3.8, 4) is 0 Å². The molecule has 0 saturated heterocycles. The fourth-order valence-electron chi connectivity index (χ4n) is 1.76. The summed E-state index contributed by atoms with van der Waals surface area (Å²) in [6.45, 7) is 0. The monoisotopic (exact) mass is 272 g/mol. The van der Waals surface area contributed by atoms with E-state index in [4.69, 9.17) is 16.7 Å². The van der Waals surface area contributed by atoms with Crippen molar-refractivity contribution in [3.63, 3.8) is 0 Å². The van der Waals surface area contributed by atoms with Crippen LogP contribution in [-0.2, 0) is 21.3 Å². The molecule has 0 radical (unpaired) electrons. The Morgan fingerprint density at radius 3 is 2.47 bits per heavy atom. The Bertz CT molecular complexity index is 440. The summed E-state index contributed by atoms with van der Waals surface area (Å²) in [5, 5.41) is 8.97. The zero-order valence-electron chi connectivity index (χ0n) is 9.14. The highest BCUT2D eigenvalue weighted by atomic mass is 35.5. The van der Waals surface area contributed by atoms with E-state index >= 15 is 0 Å². The third-order valence-corrected chi connectivity index (χ3v) is 4.82. The van der Waals surface area contributed by atoms with E-state index in [9.17, 15) is 9.00 Å². The third kappa shape index (κ3) is 3.30. The fraction of sp³-hybridized carbons (Fsp3) is 0.417. The molecule has 0 bridgehead atoms. The maximum Gasteiger partial charge on any atom is 0.319 e. The molecular formula is C12H13ClO3S. The van der Waals surface area contributed by atoms with Gasteiger partial charge in [0.15, 0.2) is 0 Å². The Hall–Kier alpha value is -0.870. The molecule has 17 heavy (non-hydrogen) atoms. The lowest BCUT2D eigenvalue weighted by atomic mass is 10.2. The van der Waals surface area contributed by atoms with E-state index in [1.165, 1.54) is 0 Å². The minimum absolute atomic E-state index is 0.0978. The van der Waals surface area contributed by atoms with Crippen LogP contribution in [-0.4, -0.2) is 20.5 Å². The molecule has 0 aliphatic heterocycles. The van der Waals surface area contributed by atoms with Crippen molar-refractivity contribution in [1.29, 1.82) is 0 Å². The van der Waals surface area contributed by atoms with Crippen molar-refractivity contribution in [1.82, 2.24) is 0 Å². The molecule has 1 aromatic carbocycles. The molecule has 2 unspecified atom stereocenters. The van der Waals surface area contributed by atoms with Gasteiger partial charge in [-0.1, -0.05) is 23.7 Å². The predicted molar refractivity (Wildman–Crippen MR) is 67.4 cm³/mol. The van der Waals surface area contributed by atoms with E-state index in [1.807, 2.05) is 0 Å². The lowest BCUT2D eigenvalue weighted by Crippen LogP contribution is -2.28. The van der Waals surface area contributed by atoms with Crippen LogP contribution in [0.15, 0.2) is 24.3 Å². The van der Waals surface area contributed by atoms with E-state index in [0.29, 0.717) is 5.02 Å². The van der Waals surface area contributed by atoms with Crippen LogP contribution in [0.4, 0.5) is 0 Å². The average Bonchev–Trinajstić information content (AvgIpc) is 3.05. The lowest BCUT2D eigenvalue weighted by molar-refractivity contribution is -0.136. The Morgan fingerprint density at radius 2 is 2.00 bits per heavy atom. The SMILES string of the molecule is O=C(O)C(C1CC1)S(=O)Cc1ccc(Cl)cc1. The van der Waals surface area contributed by atoms with Crippen LogP contribution in [0.5, 0.6) is 0 Å². The molecule has 3 nitrogen and oxygen atoms in total. The van der Waals surface area contributed by atoms with Crippen LogP contribution in [0.2, 0.25) is 5.02 Å². The van der Waals surface area contributed by atoms with Gasteiger partial charge >= 0.3 is 5.97 Å². The van der Waals surface area contributed by atoms with Gasteiger partial charge in [0.05, 0.1) is 0 Å². The largest absolute Gasteiger partial charge is 0.480 e. The van der Waals surface area contributed by atoms with Gasteiger partial charge in [0.1, 0.15) is 5.25 Å². The highest BCUT2D eigenvalue weighted by Gasteiger charge is 2.40. The van der Waals surface area contributed by atoms with Crippen LogP contribution in [0.25, 0.3) is 0 Å². The Balaban J connectivity index is 2.04. The summed E-state index contributed by atoms with van der Waals surface area (Å²) >= 11 is 5.75.